The van der Waals surface area contributed by atoms with Crippen molar-refractivity contribution in [2.45, 2.75) is 44.4 Å². The Morgan fingerprint density at radius 1 is 1.14 bits per heavy atom. The number of hydrogen-bond acceptors (Lipinski definition) is 7. The average Bonchev–Trinajstić information content (AvgIpc) is 3.13. The van der Waals surface area contributed by atoms with Crippen molar-refractivity contribution in [2.24, 2.45) is 0 Å². The van der Waals surface area contributed by atoms with E-state index in [1.807, 2.05) is 6.07 Å². The molecule has 1 saturated heterocycles. The van der Waals surface area contributed by atoms with Crippen LogP contribution in [0.15, 0.2) is 24.5 Å². The van der Waals surface area contributed by atoms with Crippen molar-refractivity contribution in [2.75, 3.05) is 31.6 Å². The third-order valence-corrected chi connectivity index (χ3v) is 7.19. The molecule has 6 nitrogen and oxygen atoms in total. The molecule has 2 aromatic heterocycles. The summed E-state index contributed by atoms with van der Waals surface area (Å²) in [5.41, 5.74) is 0.924. The fourth-order valence-corrected chi connectivity index (χ4v) is 5.61. The standard InChI is InChI=1S/C21H26N4O2S/c26-12-14-1-6-18-17(11-14)19-20(22-13-23-21(19)28-18)24-15-2-4-16(5-3-15)25-7-9-27-10-8-25/h1,6,11,13,15-16,26H,2-5,7-10,12H2,(H,22,23,24). The molecule has 28 heavy (non-hydrogen) atoms. The molecular formula is C21H26N4O2S. The molecule has 3 aromatic rings. The Morgan fingerprint density at radius 3 is 2.75 bits per heavy atom. The summed E-state index contributed by atoms with van der Waals surface area (Å²) in [5.74, 6) is 0.932. The van der Waals surface area contributed by atoms with E-state index in [4.69, 9.17) is 4.74 Å². The highest BCUT2D eigenvalue weighted by Crippen LogP contribution is 2.37. The van der Waals surface area contributed by atoms with E-state index in [1.54, 1.807) is 17.7 Å². The number of anilines is 1. The first-order chi connectivity index (χ1) is 13.8. The van der Waals surface area contributed by atoms with Crippen LogP contribution in [0.1, 0.15) is 31.2 Å². The minimum absolute atomic E-state index is 0.0509. The molecule has 1 saturated carbocycles. The van der Waals surface area contributed by atoms with Crippen LogP contribution in [0.25, 0.3) is 20.3 Å². The average molecular weight is 399 g/mol. The second-order valence-electron chi connectivity index (χ2n) is 7.79. The van der Waals surface area contributed by atoms with Gasteiger partial charge in [0.1, 0.15) is 17.0 Å². The topological polar surface area (TPSA) is 70.5 Å². The van der Waals surface area contributed by atoms with Gasteiger partial charge in [-0.05, 0) is 43.4 Å². The first kappa shape index (κ1) is 18.2. The van der Waals surface area contributed by atoms with Crippen LogP contribution in [-0.2, 0) is 11.3 Å². The Balaban J connectivity index is 1.35. The number of hydrogen-bond donors (Lipinski definition) is 2. The maximum atomic E-state index is 9.51. The molecule has 0 unspecified atom stereocenters. The monoisotopic (exact) mass is 398 g/mol. The summed E-state index contributed by atoms with van der Waals surface area (Å²) in [6.07, 6.45) is 6.44. The number of rotatable bonds is 4. The lowest BCUT2D eigenvalue weighted by Crippen LogP contribution is -2.46. The number of fused-ring (bicyclic) bond motifs is 3. The summed E-state index contributed by atoms with van der Waals surface area (Å²) in [4.78, 5) is 12.7. The molecule has 0 atom stereocenters. The van der Waals surface area contributed by atoms with E-state index < -0.39 is 0 Å². The summed E-state index contributed by atoms with van der Waals surface area (Å²) in [7, 11) is 0. The smallest absolute Gasteiger partial charge is 0.139 e. The van der Waals surface area contributed by atoms with E-state index in [0.717, 1.165) is 66.1 Å². The van der Waals surface area contributed by atoms with Crippen LogP contribution in [0.4, 0.5) is 5.82 Å². The van der Waals surface area contributed by atoms with Gasteiger partial charge in [-0.2, -0.15) is 0 Å². The van der Waals surface area contributed by atoms with Gasteiger partial charge in [-0.25, -0.2) is 9.97 Å². The van der Waals surface area contributed by atoms with Crippen molar-refractivity contribution >= 4 is 37.5 Å². The molecule has 2 fully saturated rings. The molecule has 3 heterocycles. The number of aliphatic hydroxyl groups is 1. The van der Waals surface area contributed by atoms with Crippen LogP contribution in [0, 0.1) is 0 Å². The van der Waals surface area contributed by atoms with Crippen molar-refractivity contribution in [1.82, 2.24) is 14.9 Å². The minimum atomic E-state index is 0.0509. The maximum absolute atomic E-state index is 9.51. The zero-order valence-corrected chi connectivity index (χ0v) is 16.7. The fraction of sp³-hybridized carbons (Fsp3) is 0.524. The first-order valence-corrected chi connectivity index (χ1v) is 11.0. The van der Waals surface area contributed by atoms with Crippen molar-refractivity contribution in [3.63, 3.8) is 0 Å². The molecule has 2 aliphatic rings. The van der Waals surface area contributed by atoms with Crippen molar-refractivity contribution in [1.29, 1.82) is 0 Å². The van der Waals surface area contributed by atoms with Crippen LogP contribution in [-0.4, -0.2) is 58.4 Å². The maximum Gasteiger partial charge on any atom is 0.139 e. The van der Waals surface area contributed by atoms with Gasteiger partial charge in [0, 0.05) is 35.3 Å². The second kappa shape index (κ2) is 7.91. The lowest BCUT2D eigenvalue weighted by atomic mass is 9.90. The van der Waals surface area contributed by atoms with Crippen LogP contribution in [0.2, 0.25) is 0 Å². The van der Waals surface area contributed by atoms with Crippen LogP contribution in [0.3, 0.4) is 0 Å². The van der Waals surface area contributed by atoms with E-state index in [0.29, 0.717) is 12.1 Å². The molecule has 5 rings (SSSR count). The van der Waals surface area contributed by atoms with Crippen molar-refractivity contribution in [3.8, 4) is 0 Å². The number of ether oxygens (including phenoxy) is 1. The lowest BCUT2D eigenvalue weighted by molar-refractivity contribution is 0.00791. The lowest BCUT2D eigenvalue weighted by Gasteiger charge is -2.39. The highest BCUT2D eigenvalue weighted by atomic mass is 32.1. The third kappa shape index (κ3) is 3.48. The molecule has 148 valence electrons. The Labute approximate surface area is 168 Å². The van der Waals surface area contributed by atoms with E-state index in [2.05, 4.69) is 32.3 Å². The van der Waals surface area contributed by atoms with Gasteiger partial charge in [-0.15, -0.1) is 11.3 Å². The number of benzene rings is 1. The van der Waals surface area contributed by atoms with Gasteiger partial charge in [-0.1, -0.05) is 6.07 Å². The predicted octanol–water partition coefficient (Wildman–Crippen LogP) is 3.39. The first-order valence-electron chi connectivity index (χ1n) is 10.2. The molecule has 1 aliphatic carbocycles. The summed E-state index contributed by atoms with van der Waals surface area (Å²) in [5, 5.41) is 15.5. The Bertz CT molecular complexity index is 962. The molecule has 1 aliphatic heterocycles. The molecule has 0 radical (unpaired) electrons. The number of morpholine rings is 1. The van der Waals surface area contributed by atoms with Crippen molar-refractivity contribution < 1.29 is 9.84 Å². The molecule has 1 aromatic carbocycles. The van der Waals surface area contributed by atoms with Gasteiger partial charge < -0.3 is 15.2 Å². The van der Waals surface area contributed by atoms with E-state index >= 15 is 0 Å². The van der Waals surface area contributed by atoms with E-state index in [1.165, 1.54) is 17.5 Å². The summed E-state index contributed by atoms with van der Waals surface area (Å²) in [6.45, 7) is 3.94. The zero-order chi connectivity index (χ0) is 18.9. The third-order valence-electron chi connectivity index (χ3n) is 6.11. The van der Waals surface area contributed by atoms with Gasteiger partial charge in [0.15, 0.2) is 0 Å². The molecule has 2 N–H and O–H groups in total. The predicted molar refractivity (Wildman–Crippen MR) is 113 cm³/mol. The van der Waals surface area contributed by atoms with Gasteiger partial charge >= 0.3 is 0 Å². The number of nitrogens with zero attached hydrogens (tertiary/aromatic N) is 3. The fourth-order valence-electron chi connectivity index (χ4n) is 4.58. The number of nitrogens with one attached hydrogen (secondary N) is 1. The van der Waals surface area contributed by atoms with Gasteiger partial charge in [0.05, 0.1) is 25.2 Å². The highest BCUT2D eigenvalue weighted by Gasteiger charge is 2.27. The summed E-state index contributed by atoms with van der Waals surface area (Å²) in [6, 6.07) is 7.26. The van der Waals surface area contributed by atoms with Gasteiger partial charge in [0.2, 0.25) is 0 Å². The summed E-state index contributed by atoms with van der Waals surface area (Å²) >= 11 is 1.68. The quantitative estimate of drug-likeness (QED) is 0.702. The number of aromatic nitrogens is 2. The van der Waals surface area contributed by atoms with Crippen LogP contribution in [0.5, 0.6) is 0 Å². The van der Waals surface area contributed by atoms with Crippen molar-refractivity contribution in [3.05, 3.63) is 30.1 Å². The molecule has 0 spiro atoms. The summed E-state index contributed by atoms with van der Waals surface area (Å²) < 4.78 is 6.68. The normalized spacial score (nSPS) is 24.0. The Hall–Kier alpha value is -1.80. The highest BCUT2D eigenvalue weighted by molar-refractivity contribution is 7.25. The largest absolute Gasteiger partial charge is 0.392 e. The van der Waals surface area contributed by atoms with Crippen LogP contribution < -0.4 is 5.32 Å². The van der Waals surface area contributed by atoms with E-state index in [9.17, 15) is 5.11 Å². The SMILES string of the molecule is OCc1ccc2sc3ncnc(NC4CCC(N5CCOCC5)CC4)c3c2c1. The Kier molecular flexibility index (Phi) is 5.15. The van der Waals surface area contributed by atoms with Gasteiger partial charge in [0.25, 0.3) is 0 Å². The number of thiophene rings is 1. The minimum Gasteiger partial charge on any atom is -0.392 e. The Morgan fingerprint density at radius 2 is 1.96 bits per heavy atom. The molecular weight excluding hydrogens is 372 g/mol. The molecule has 0 bridgehead atoms. The number of aliphatic hydroxyl groups excluding tert-OH is 1. The zero-order valence-electron chi connectivity index (χ0n) is 15.9. The van der Waals surface area contributed by atoms with Crippen LogP contribution >= 0.6 is 11.3 Å². The second-order valence-corrected chi connectivity index (χ2v) is 8.82. The molecule has 0 amide bonds. The van der Waals surface area contributed by atoms with E-state index in [-0.39, 0.29) is 6.61 Å². The molecule has 7 heteroatoms. The van der Waals surface area contributed by atoms with Gasteiger partial charge in [-0.3, -0.25) is 4.90 Å².